The Kier molecular flexibility index (Phi) is 8.01. The van der Waals surface area contributed by atoms with Crippen LogP contribution in [0.5, 0.6) is 11.5 Å². The molecule has 3 N–H and O–H groups in total. The van der Waals surface area contributed by atoms with E-state index in [1.165, 1.54) is 14.2 Å². The Labute approximate surface area is 135 Å². The van der Waals surface area contributed by atoms with Gasteiger partial charge in [0.05, 0.1) is 14.2 Å². The Hall–Kier alpha value is -2.06. The van der Waals surface area contributed by atoms with Gasteiger partial charge in [-0.15, -0.1) is 0 Å². The molecule has 122 valence electrons. The lowest BCUT2D eigenvalue weighted by Gasteiger charge is -2.12. The molecule has 1 amide bonds. The first-order chi connectivity index (χ1) is 10.6. The zero-order valence-electron chi connectivity index (χ0n) is 12.9. The molecule has 0 aliphatic carbocycles. The maximum Gasteiger partial charge on any atom is 0.269 e. The largest absolute Gasteiger partial charge is 0.493 e. The van der Waals surface area contributed by atoms with Crippen molar-refractivity contribution in [3.63, 3.8) is 0 Å². The third kappa shape index (κ3) is 5.74. The van der Waals surface area contributed by atoms with Gasteiger partial charge in [0, 0.05) is 25.8 Å². The lowest BCUT2D eigenvalue weighted by molar-refractivity contribution is 0.0943. The highest BCUT2D eigenvalue weighted by Gasteiger charge is 2.10. The zero-order valence-corrected chi connectivity index (χ0v) is 13.7. The number of hydrazine groups is 1. The molecular weight excluding hydrogens is 306 g/mol. The van der Waals surface area contributed by atoms with Crippen molar-refractivity contribution < 1.29 is 19.0 Å². The number of nitrogens with one attached hydrogen (secondary N) is 3. The molecular formula is C14H21N3O4S. The molecule has 0 saturated carbocycles. The summed E-state index contributed by atoms with van der Waals surface area (Å²) < 4.78 is 15.2. The first kappa shape index (κ1) is 18.0. The van der Waals surface area contributed by atoms with Gasteiger partial charge in [-0.05, 0) is 36.8 Å². The maximum absolute atomic E-state index is 12.0. The highest BCUT2D eigenvalue weighted by atomic mass is 32.1. The molecule has 0 bridgehead atoms. The SMILES string of the molecule is COCCCNC(=S)NNC(=O)c1ccc(OC)c(OC)c1. The van der Waals surface area contributed by atoms with Crippen molar-refractivity contribution in [2.45, 2.75) is 6.42 Å². The van der Waals surface area contributed by atoms with Crippen molar-refractivity contribution in [1.82, 2.24) is 16.2 Å². The minimum Gasteiger partial charge on any atom is -0.493 e. The molecule has 0 spiro atoms. The van der Waals surface area contributed by atoms with Gasteiger partial charge in [-0.25, -0.2) is 0 Å². The normalized spacial score (nSPS) is 9.77. The van der Waals surface area contributed by atoms with Crippen LogP contribution in [-0.2, 0) is 4.74 Å². The summed E-state index contributed by atoms with van der Waals surface area (Å²) in [5.74, 6) is 0.708. The summed E-state index contributed by atoms with van der Waals surface area (Å²) in [6, 6.07) is 4.88. The number of rotatable bonds is 7. The Morgan fingerprint density at radius 3 is 2.50 bits per heavy atom. The van der Waals surface area contributed by atoms with Crippen LogP contribution < -0.4 is 25.6 Å². The molecule has 0 aromatic heterocycles. The highest BCUT2D eigenvalue weighted by Crippen LogP contribution is 2.27. The molecule has 0 aliphatic rings. The van der Waals surface area contributed by atoms with E-state index in [-0.39, 0.29) is 5.91 Å². The topological polar surface area (TPSA) is 80.9 Å². The number of hydrogen-bond acceptors (Lipinski definition) is 5. The number of methoxy groups -OCH3 is 3. The van der Waals surface area contributed by atoms with Crippen molar-refractivity contribution in [2.75, 3.05) is 34.5 Å². The molecule has 0 heterocycles. The monoisotopic (exact) mass is 327 g/mol. The van der Waals surface area contributed by atoms with Gasteiger partial charge in [-0.3, -0.25) is 15.6 Å². The minimum atomic E-state index is -0.331. The summed E-state index contributed by atoms with van der Waals surface area (Å²) in [6.07, 6.45) is 0.821. The lowest BCUT2D eigenvalue weighted by atomic mass is 10.2. The quantitative estimate of drug-likeness (QED) is 0.389. The average Bonchev–Trinajstić information content (AvgIpc) is 2.55. The summed E-state index contributed by atoms with van der Waals surface area (Å²) in [4.78, 5) is 12.0. The number of ether oxygens (including phenoxy) is 3. The molecule has 8 heteroatoms. The van der Waals surface area contributed by atoms with Crippen LogP contribution in [0.1, 0.15) is 16.8 Å². The number of amides is 1. The molecule has 1 rings (SSSR count). The van der Waals surface area contributed by atoms with E-state index in [2.05, 4.69) is 16.2 Å². The van der Waals surface area contributed by atoms with E-state index in [0.29, 0.717) is 35.3 Å². The molecule has 1 aromatic rings. The van der Waals surface area contributed by atoms with Crippen molar-refractivity contribution in [2.24, 2.45) is 0 Å². The fourth-order valence-corrected chi connectivity index (χ4v) is 1.78. The highest BCUT2D eigenvalue weighted by molar-refractivity contribution is 7.80. The summed E-state index contributed by atoms with van der Waals surface area (Å²) >= 11 is 5.04. The summed E-state index contributed by atoms with van der Waals surface area (Å²) in [6.45, 7) is 1.31. The average molecular weight is 327 g/mol. The van der Waals surface area contributed by atoms with Gasteiger partial charge in [-0.2, -0.15) is 0 Å². The second-order valence-corrected chi connectivity index (χ2v) is 4.66. The van der Waals surface area contributed by atoms with Crippen LogP contribution in [0.2, 0.25) is 0 Å². The van der Waals surface area contributed by atoms with Crippen LogP contribution in [0.15, 0.2) is 18.2 Å². The van der Waals surface area contributed by atoms with Gasteiger partial charge < -0.3 is 19.5 Å². The summed E-state index contributed by atoms with van der Waals surface area (Å²) in [5.41, 5.74) is 5.56. The maximum atomic E-state index is 12.0. The van der Waals surface area contributed by atoms with Crippen LogP contribution in [0.3, 0.4) is 0 Å². The minimum absolute atomic E-state index is 0.331. The van der Waals surface area contributed by atoms with Crippen LogP contribution in [0, 0.1) is 0 Å². The molecule has 0 fully saturated rings. The van der Waals surface area contributed by atoms with E-state index in [1.54, 1.807) is 25.3 Å². The van der Waals surface area contributed by atoms with Crippen molar-refractivity contribution in [3.05, 3.63) is 23.8 Å². The van der Waals surface area contributed by atoms with E-state index >= 15 is 0 Å². The number of carbonyl (C=O) groups excluding carboxylic acids is 1. The van der Waals surface area contributed by atoms with Gasteiger partial charge in [0.2, 0.25) is 0 Å². The van der Waals surface area contributed by atoms with E-state index in [1.807, 2.05) is 0 Å². The molecule has 0 aliphatic heterocycles. The first-order valence-electron chi connectivity index (χ1n) is 6.67. The molecule has 0 radical (unpaired) electrons. The molecule has 0 atom stereocenters. The number of hydrogen-bond donors (Lipinski definition) is 3. The van der Waals surface area contributed by atoms with Gasteiger partial charge in [-0.1, -0.05) is 0 Å². The Balaban J connectivity index is 2.46. The Morgan fingerprint density at radius 2 is 1.86 bits per heavy atom. The molecule has 0 saturated heterocycles. The second-order valence-electron chi connectivity index (χ2n) is 4.25. The van der Waals surface area contributed by atoms with Gasteiger partial charge >= 0.3 is 0 Å². The van der Waals surface area contributed by atoms with Gasteiger partial charge in [0.25, 0.3) is 5.91 Å². The van der Waals surface area contributed by atoms with Crippen LogP contribution >= 0.6 is 12.2 Å². The second kappa shape index (κ2) is 9.80. The van der Waals surface area contributed by atoms with Crippen molar-refractivity contribution in [1.29, 1.82) is 0 Å². The van der Waals surface area contributed by atoms with E-state index < -0.39 is 0 Å². The lowest BCUT2D eigenvalue weighted by Crippen LogP contribution is -2.47. The smallest absolute Gasteiger partial charge is 0.269 e. The molecule has 0 unspecified atom stereocenters. The standard InChI is InChI=1S/C14H21N3O4S/c1-19-8-4-7-15-14(22)17-16-13(18)10-5-6-11(20-2)12(9-10)21-3/h5-6,9H,4,7-8H2,1-3H3,(H,16,18)(H2,15,17,22). The van der Waals surface area contributed by atoms with E-state index in [0.717, 1.165) is 6.42 Å². The van der Waals surface area contributed by atoms with E-state index in [4.69, 9.17) is 26.4 Å². The molecule has 7 nitrogen and oxygen atoms in total. The first-order valence-corrected chi connectivity index (χ1v) is 7.08. The van der Waals surface area contributed by atoms with Crippen molar-refractivity contribution in [3.8, 4) is 11.5 Å². The van der Waals surface area contributed by atoms with Gasteiger partial charge in [0.1, 0.15) is 0 Å². The predicted octanol–water partition coefficient (Wildman–Crippen LogP) is 0.849. The summed E-state index contributed by atoms with van der Waals surface area (Å²) in [5, 5.41) is 3.28. The Bertz CT molecular complexity index is 511. The van der Waals surface area contributed by atoms with Gasteiger partial charge in [0.15, 0.2) is 16.6 Å². The number of thiocarbonyl (C=S) groups is 1. The zero-order chi connectivity index (χ0) is 16.4. The fraction of sp³-hybridized carbons (Fsp3) is 0.429. The summed E-state index contributed by atoms with van der Waals surface area (Å²) in [7, 11) is 4.68. The third-order valence-electron chi connectivity index (χ3n) is 2.75. The van der Waals surface area contributed by atoms with Crippen molar-refractivity contribution >= 4 is 23.2 Å². The number of carbonyl (C=O) groups is 1. The van der Waals surface area contributed by atoms with Crippen LogP contribution in [-0.4, -0.2) is 45.5 Å². The van der Waals surface area contributed by atoms with Crippen LogP contribution in [0.25, 0.3) is 0 Å². The third-order valence-corrected chi connectivity index (χ3v) is 2.99. The molecule has 22 heavy (non-hydrogen) atoms. The predicted molar refractivity (Wildman–Crippen MR) is 87.2 cm³/mol. The Morgan fingerprint density at radius 1 is 1.14 bits per heavy atom. The van der Waals surface area contributed by atoms with Crippen LogP contribution in [0.4, 0.5) is 0 Å². The fourth-order valence-electron chi connectivity index (χ4n) is 1.63. The van der Waals surface area contributed by atoms with E-state index in [9.17, 15) is 4.79 Å². The molecule has 1 aromatic carbocycles. The number of benzene rings is 1.